The standard InChI is InChI=1S/C33H22N4O.2NO3.Zn/c1-3-13-32-30(11-1)37(31-12-2-4-14-33(31)38-32)25-17-15-23(16-18-25)24-21-28(26-9-5-7-19-34-26)36-29(22-24)27-10-6-8-20-35-27;2*2-1(3)4;/h1-22H;;;/q;2*-1;+2. The number of anilines is 3. The zero-order valence-corrected chi connectivity index (χ0v) is 27.4. The van der Waals surface area contributed by atoms with Gasteiger partial charge in [0.2, 0.25) is 0 Å². The van der Waals surface area contributed by atoms with Gasteiger partial charge in [-0.1, -0.05) is 48.5 Å². The zero-order chi connectivity index (χ0) is 32.5. The fraction of sp³-hybridized carbons (Fsp3) is 0. The number of fused-ring (bicyclic) bond motifs is 2. The van der Waals surface area contributed by atoms with Gasteiger partial charge in [-0.25, -0.2) is 4.98 Å². The normalized spacial score (nSPS) is 10.6. The molecule has 3 aromatic heterocycles. The molecule has 0 aliphatic carbocycles. The van der Waals surface area contributed by atoms with Crippen molar-refractivity contribution in [3.63, 3.8) is 0 Å². The Bertz CT molecular complexity index is 1840. The smallest absolute Gasteiger partial charge is 0.453 e. The summed E-state index contributed by atoms with van der Waals surface area (Å²) in [5.41, 5.74) is 8.48. The van der Waals surface area contributed by atoms with E-state index in [4.69, 9.17) is 40.4 Å². The van der Waals surface area contributed by atoms with Gasteiger partial charge in [0.15, 0.2) is 11.5 Å². The van der Waals surface area contributed by atoms with Crippen LogP contribution in [0.5, 0.6) is 11.5 Å². The molecule has 0 bridgehead atoms. The first-order valence-electron chi connectivity index (χ1n) is 13.5. The summed E-state index contributed by atoms with van der Waals surface area (Å²) in [7, 11) is 0. The van der Waals surface area contributed by atoms with Gasteiger partial charge < -0.3 is 40.3 Å². The molecule has 0 atom stereocenters. The van der Waals surface area contributed by atoms with Crippen LogP contribution in [-0.4, -0.2) is 25.1 Å². The predicted octanol–water partition coefficient (Wildman–Crippen LogP) is 7.97. The Morgan fingerprint density at radius 1 is 0.532 bits per heavy atom. The van der Waals surface area contributed by atoms with Crippen LogP contribution in [0.3, 0.4) is 0 Å². The third-order valence-corrected chi connectivity index (χ3v) is 6.57. The number of pyridine rings is 3. The van der Waals surface area contributed by atoms with Crippen LogP contribution in [0.2, 0.25) is 0 Å². The first-order valence-corrected chi connectivity index (χ1v) is 13.5. The molecule has 3 aromatic carbocycles. The summed E-state index contributed by atoms with van der Waals surface area (Å²) in [6, 6.07) is 40.7. The second-order valence-electron chi connectivity index (χ2n) is 9.42. The first-order chi connectivity index (χ1) is 22.3. The Balaban J connectivity index is 0.000000503. The molecular weight excluding hydrogens is 658 g/mol. The van der Waals surface area contributed by atoms with Crippen molar-refractivity contribution in [1.29, 1.82) is 0 Å². The molecule has 14 heteroatoms. The van der Waals surface area contributed by atoms with E-state index in [2.05, 4.69) is 63.4 Å². The van der Waals surface area contributed by atoms with E-state index < -0.39 is 10.2 Å². The Hall–Kier alpha value is -6.27. The van der Waals surface area contributed by atoms with Gasteiger partial charge in [-0.05, 0) is 83.9 Å². The maximum absolute atomic E-state index is 8.25. The van der Waals surface area contributed by atoms with Gasteiger partial charge in [0.05, 0.1) is 44.3 Å². The van der Waals surface area contributed by atoms with Crippen LogP contribution in [0, 0.1) is 30.6 Å². The molecule has 6 aromatic rings. The average molecular weight is 680 g/mol. The molecule has 13 nitrogen and oxygen atoms in total. The van der Waals surface area contributed by atoms with Crippen LogP contribution in [-0.2, 0) is 19.5 Å². The summed E-state index contributed by atoms with van der Waals surface area (Å²) in [6.45, 7) is 0. The quantitative estimate of drug-likeness (QED) is 0.0998. The maximum atomic E-state index is 8.25. The molecule has 1 aliphatic rings. The van der Waals surface area contributed by atoms with Crippen molar-refractivity contribution in [2.75, 3.05) is 4.90 Å². The van der Waals surface area contributed by atoms with E-state index in [0.29, 0.717) is 0 Å². The Labute approximate surface area is 280 Å². The topological polar surface area (TPSA) is 184 Å². The molecule has 1 aliphatic heterocycles. The van der Waals surface area contributed by atoms with Gasteiger partial charge in [0, 0.05) is 18.1 Å². The minimum absolute atomic E-state index is 0. The molecule has 0 N–H and O–H groups in total. The monoisotopic (exact) mass is 678 g/mol. The number of aromatic nitrogens is 3. The SMILES string of the molecule is O=[N+]([O-])[O-].O=[N+]([O-])[O-].[Zn+2].c1ccc(-c2cc(-c3ccc(N4c5ccccc5Oc5ccccc54)cc3)cc(-c3ccccn3)n2)nc1. The minimum atomic E-state index is -1.75. The van der Waals surface area contributed by atoms with Crippen molar-refractivity contribution in [1.82, 2.24) is 15.0 Å². The second-order valence-corrected chi connectivity index (χ2v) is 9.42. The molecule has 0 saturated heterocycles. The third-order valence-electron chi connectivity index (χ3n) is 6.57. The number of ether oxygens (including phenoxy) is 1. The number of rotatable bonds is 4. The van der Waals surface area contributed by atoms with Crippen LogP contribution >= 0.6 is 0 Å². The summed E-state index contributed by atoms with van der Waals surface area (Å²) in [6.07, 6.45) is 3.58. The molecular formula is C33H22N6O7Zn. The molecule has 4 heterocycles. The summed E-state index contributed by atoms with van der Waals surface area (Å²) >= 11 is 0. The summed E-state index contributed by atoms with van der Waals surface area (Å²) in [4.78, 5) is 32.7. The van der Waals surface area contributed by atoms with Crippen molar-refractivity contribution in [3.8, 4) is 45.4 Å². The summed E-state index contributed by atoms with van der Waals surface area (Å²) in [5.74, 6) is 1.67. The third kappa shape index (κ3) is 8.47. The van der Waals surface area contributed by atoms with E-state index in [9.17, 15) is 0 Å². The fourth-order valence-electron chi connectivity index (χ4n) is 4.77. The van der Waals surface area contributed by atoms with Crippen molar-refractivity contribution in [2.45, 2.75) is 0 Å². The fourth-order valence-corrected chi connectivity index (χ4v) is 4.77. The Morgan fingerprint density at radius 3 is 1.38 bits per heavy atom. The van der Waals surface area contributed by atoms with Crippen LogP contribution in [0.15, 0.2) is 134 Å². The summed E-state index contributed by atoms with van der Waals surface area (Å²) in [5, 5.41) is 29.5. The van der Waals surface area contributed by atoms with E-state index in [1.807, 2.05) is 72.8 Å². The van der Waals surface area contributed by atoms with E-state index in [1.54, 1.807) is 12.4 Å². The summed E-state index contributed by atoms with van der Waals surface area (Å²) < 4.78 is 6.17. The van der Waals surface area contributed by atoms with Crippen LogP contribution < -0.4 is 9.64 Å². The molecule has 228 valence electrons. The molecule has 7 rings (SSSR count). The molecule has 0 saturated carbocycles. The number of para-hydroxylation sites is 4. The van der Waals surface area contributed by atoms with Gasteiger partial charge >= 0.3 is 19.5 Å². The van der Waals surface area contributed by atoms with Gasteiger partial charge in [0.25, 0.3) is 0 Å². The van der Waals surface area contributed by atoms with Gasteiger partial charge in [-0.3, -0.25) is 9.97 Å². The van der Waals surface area contributed by atoms with Crippen molar-refractivity contribution >= 4 is 17.1 Å². The second kappa shape index (κ2) is 15.6. The minimum Gasteiger partial charge on any atom is -0.453 e. The van der Waals surface area contributed by atoms with Crippen molar-refractivity contribution in [3.05, 3.63) is 164 Å². The average Bonchev–Trinajstić information content (AvgIpc) is 3.07. The van der Waals surface area contributed by atoms with E-state index in [-0.39, 0.29) is 19.5 Å². The van der Waals surface area contributed by atoms with Crippen LogP contribution in [0.4, 0.5) is 17.1 Å². The molecule has 0 spiro atoms. The van der Waals surface area contributed by atoms with E-state index >= 15 is 0 Å². The van der Waals surface area contributed by atoms with Gasteiger partial charge in [-0.2, -0.15) is 0 Å². The van der Waals surface area contributed by atoms with E-state index in [0.717, 1.165) is 62.5 Å². The van der Waals surface area contributed by atoms with Gasteiger partial charge in [0.1, 0.15) is 0 Å². The number of hydrogen-bond donors (Lipinski definition) is 0. The van der Waals surface area contributed by atoms with Crippen molar-refractivity contribution in [2.24, 2.45) is 0 Å². The largest absolute Gasteiger partial charge is 2.00 e. The van der Waals surface area contributed by atoms with Crippen molar-refractivity contribution < 1.29 is 34.4 Å². The number of hydrogen-bond acceptors (Lipinski definition) is 11. The van der Waals surface area contributed by atoms with Gasteiger partial charge in [-0.15, -0.1) is 0 Å². The molecule has 0 unspecified atom stereocenters. The van der Waals surface area contributed by atoms with E-state index in [1.165, 1.54) is 0 Å². The maximum Gasteiger partial charge on any atom is 2.00 e. The first kappa shape index (κ1) is 33.6. The molecule has 47 heavy (non-hydrogen) atoms. The predicted molar refractivity (Wildman–Crippen MR) is 172 cm³/mol. The Morgan fingerprint density at radius 2 is 0.957 bits per heavy atom. The number of nitrogens with zero attached hydrogens (tertiary/aromatic N) is 6. The van der Waals surface area contributed by atoms with Crippen LogP contribution in [0.1, 0.15) is 0 Å². The van der Waals surface area contributed by atoms with Crippen LogP contribution in [0.25, 0.3) is 33.9 Å². The molecule has 0 radical (unpaired) electrons. The number of benzene rings is 3. The molecule has 0 fully saturated rings. The zero-order valence-electron chi connectivity index (χ0n) is 24.4. The Kier molecular flexibility index (Phi) is 11.2. The molecule has 0 amide bonds.